The summed E-state index contributed by atoms with van der Waals surface area (Å²) in [5.74, 6) is -0.477. The predicted molar refractivity (Wildman–Crippen MR) is 46.7 cm³/mol. The van der Waals surface area contributed by atoms with E-state index in [0.717, 1.165) is 0 Å². The molecule has 0 aromatic carbocycles. The third-order valence-electron chi connectivity index (χ3n) is 1.67. The fourth-order valence-corrected chi connectivity index (χ4v) is 1.01. The van der Waals surface area contributed by atoms with Gasteiger partial charge >= 0.3 is 5.97 Å². The molecule has 1 aromatic heterocycles. The molecular weight excluding hydrogens is 188 g/mol. The number of hydrogen-bond acceptors (Lipinski definition) is 5. The van der Waals surface area contributed by atoms with Crippen LogP contribution in [0.4, 0.5) is 0 Å². The molecule has 6 nitrogen and oxygen atoms in total. The van der Waals surface area contributed by atoms with Crippen molar-refractivity contribution in [1.82, 2.24) is 10.2 Å². The Balaban J connectivity index is 2.81. The molecule has 78 valence electrons. The minimum atomic E-state index is -0.579. The van der Waals surface area contributed by atoms with Crippen molar-refractivity contribution >= 4 is 5.97 Å². The summed E-state index contributed by atoms with van der Waals surface area (Å²) >= 11 is 0. The summed E-state index contributed by atoms with van der Waals surface area (Å²) in [6, 6.07) is 1.52. The van der Waals surface area contributed by atoms with Gasteiger partial charge in [0.25, 0.3) is 0 Å². The lowest BCUT2D eigenvalue weighted by Crippen LogP contribution is -2.03. The summed E-state index contributed by atoms with van der Waals surface area (Å²) < 4.78 is 14.4. The molecule has 0 atom stereocenters. The van der Waals surface area contributed by atoms with Crippen LogP contribution in [0.25, 0.3) is 0 Å². The van der Waals surface area contributed by atoms with Crippen LogP contribution in [0, 0.1) is 0 Å². The Morgan fingerprint density at radius 2 is 2.07 bits per heavy atom. The van der Waals surface area contributed by atoms with Gasteiger partial charge in [0.1, 0.15) is 11.4 Å². The Kier molecular flexibility index (Phi) is 3.61. The SMILES string of the molecule is COC(=O)c1cc(C(OC)OC)n[nH]1. The molecular formula is C8H12N2O4. The Morgan fingerprint density at radius 1 is 1.43 bits per heavy atom. The summed E-state index contributed by atoms with van der Waals surface area (Å²) in [7, 11) is 4.27. The summed E-state index contributed by atoms with van der Waals surface area (Å²) in [6.45, 7) is 0. The number of carbonyl (C=O) groups excluding carboxylic acids is 1. The third-order valence-corrected chi connectivity index (χ3v) is 1.67. The number of esters is 1. The quantitative estimate of drug-likeness (QED) is 0.565. The third kappa shape index (κ3) is 2.09. The molecule has 0 unspecified atom stereocenters. The van der Waals surface area contributed by atoms with Gasteiger partial charge < -0.3 is 14.2 Å². The Morgan fingerprint density at radius 3 is 2.57 bits per heavy atom. The van der Waals surface area contributed by atoms with E-state index in [4.69, 9.17) is 9.47 Å². The number of aromatic nitrogens is 2. The van der Waals surface area contributed by atoms with Crippen LogP contribution in [0.3, 0.4) is 0 Å². The van der Waals surface area contributed by atoms with E-state index < -0.39 is 12.3 Å². The van der Waals surface area contributed by atoms with Gasteiger partial charge in [-0.15, -0.1) is 0 Å². The monoisotopic (exact) mass is 200 g/mol. The number of rotatable bonds is 4. The largest absolute Gasteiger partial charge is 0.464 e. The van der Waals surface area contributed by atoms with Crippen LogP contribution in [0.5, 0.6) is 0 Å². The van der Waals surface area contributed by atoms with Crippen molar-refractivity contribution in [2.75, 3.05) is 21.3 Å². The van der Waals surface area contributed by atoms with Crippen molar-refractivity contribution in [3.8, 4) is 0 Å². The number of nitrogens with zero attached hydrogens (tertiary/aromatic N) is 1. The summed E-state index contributed by atoms with van der Waals surface area (Å²) in [5, 5.41) is 6.37. The van der Waals surface area contributed by atoms with E-state index in [1.807, 2.05) is 0 Å². The Bertz CT molecular complexity index is 306. The van der Waals surface area contributed by atoms with E-state index >= 15 is 0 Å². The maximum Gasteiger partial charge on any atom is 0.356 e. The van der Waals surface area contributed by atoms with Crippen LogP contribution < -0.4 is 0 Å². The lowest BCUT2D eigenvalue weighted by Gasteiger charge is -2.08. The molecule has 1 aromatic rings. The minimum Gasteiger partial charge on any atom is -0.464 e. The molecule has 1 heterocycles. The van der Waals surface area contributed by atoms with Gasteiger partial charge in [0.2, 0.25) is 6.29 Å². The smallest absolute Gasteiger partial charge is 0.356 e. The van der Waals surface area contributed by atoms with Crippen molar-refractivity contribution in [1.29, 1.82) is 0 Å². The highest BCUT2D eigenvalue weighted by atomic mass is 16.7. The van der Waals surface area contributed by atoms with Crippen LogP contribution in [-0.4, -0.2) is 37.5 Å². The number of aromatic amines is 1. The maximum absolute atomic E-state index is 11.1. The van der Waals surface area contributed by atoms with Gasteiger partial charge in [-0.05, 0) is 6.07 Å². The number of nitrogens with one attached hydrogen (secondary N) is 1. The molecule has 0 amide bonds. The van der Waals surface area contributed by atoms with Crippen molar-refractivity contribution in [2.45, 2.75) is 6.29 Å². The fraction of sp³-hybridized carbons (Fsp3) is 0.500. The number of H-pyrrole nitrogens is 1. The molecule has 1 N–H and O–H groups in total. The molecule has 1 rings (SSSR count). The fourth-order valence-electron chi connectivity index (χ4n) is 1.01. The van der Waals surface area contributed by atoms with Crippen molar-refractivity contribution < 1.29 is 19.0 Å². The van der Waals surface area contributed by atoms with E-state index in [2.05, 4.69) is 14.9 Å². The highest BCUT2D eigenvalue weighted by molar-refractivity contribution is 5.87. The normalized spacial score (nSPS) is 10.6. The van der Waals surface area contributed by atoms with Crippen LogP contribution in [0.2, 0.25) is 0 Å². The topological polar surface area (TPSA) is 73.4 Å². The molecule has 0 bridgehead atoms. The molecule has 14 heavy (non-hydrogen) atoms. The Labute approximate surface area is 81.2 Å². The van der Waals surface area contributed by atoms with Crippen molar-refractivity contribution in [3.63, 3.8) is 0 Å². The van der Waals surface area contributed by atoms with Gasteiger partial charge in [0, 0.05) is 14.2 Å². The van der Waals surface area contributed by atoms with Gasteiger partial charge in [-0.3, -0.25) is 5.10 Å². The first-order valence-corrected chi connectivity index (χ1v) is 3.92. The molecule has 0 aliphatic rings. The van der Waals surface area contributed by atoms with Crippen LogP contribution in [0.15, 0.2) is 6.07 Å². The highest BCUT2D eigenvalue weighted by Crippen LogP contribution is 2.15. The average Bonchev–Trinajstić information content (AvgIpc) is 2.68. The molecule has 0 saturated carbocycles. The molecule has 0 aliphatic carbocycles. The van der Waals surface area contributed by atoms with Gasteiger partial charge in [-0.1, -0.05) is 0 Å². The first kappa shape index (κ1) is 10.7. The predicted octanol–water partition coefficient (Wildman–Crippen LogP) is 0.488. The second-order valence-electron chi connectivity index (χ2n) is 2.50. The van der Waals surface area contributed by atoms with Gasteiger partial charge in [0.15, 0.2) is 0 Å². The Hall–Kier alpha value is -1.40. The van der Waals surface area contributed by atoms with Gasteiger partial charge in [0.05, 0.1) is 7.11 Å². The van der Waals surface area contributed by atoms with E-state index in [-0.39, 0.29) is 5.69 Å². The molecule has 0 radical (unpaired) electrons. The number of methoxy groups -OCH3 is 3. The highest BCUT2D eigenvalue weighted by Gasteiger charge is 2.16. The van der Waals surface area contributed by atoms with E-state index in [9.17, 15) is 4.79 Å². The number of ether oxygens (including phenoxy) is 3. The van der Waals surface area contributed by atoms with Crippen LogP contribution >= 0.6 is 0 Å². The van der Waals surface area contributed by atoms with Crippen molar-refractivity contribution in [3.05, 3.63) is 17.5 Å². The number of carbonyl (C=O) groups is 1. The summed E-state index contributed by atoms with van der Waals surface area (Å²) in [4.78, 5) is 11.1. The summed E-state index contributed by atoms with van der Waals surface area (Å²) in [5.41, 5.74) is 0.761. The van der Waals surface area contributed by atoms with Gasteiger partial charge in [-0.2, -0.15) is 5.10 Å². The van der Waals surface area contributed by atoms with E-state index in [0.29, 0.717) is 5.69 Å². The zero-order valence-electron chi connectivity index (χ0n) is 8.23. The van der Waals surface area contributed by atoms with E-state index in [1.165, 1.54) is 27.4 Å². The standard InChI is InChI=1S/C8H12N2O4/c1-12-7(11)5-4-6(10-9-5)8(13-2)14-3/h4,8H,1-3H3,(H,9,10). The molecule has 6 heteroatoms. The van der Waals surface area contributed by atoms with Crippen LogP contribution in [-0.2, 0) is 14.2 Å². The lowest BCUT2D eigenvalue weighted by atomic mass is 10.3. The van der Waals surface area contributed by atoms with Crippen LogP contribution in [0.1, 0.15) is 22.5 Å². The summed E-state index contributed by atoms with van der Waals surface area (Å²) in [6.07, 6.45) is -0.579. The van der Waals surface area contributed by atoms with Gasteiger partial charge in [-0.25, -0.2) is 4.79 Å². The lowest BCUT2D eigenvalue weighted by molar-refractivity contribution is -0.108. The molecule has 0 fully saturated rings. The minimum absolute atomic E-state index is 0.265. The van der Waals surface area contributed by atoms with Crippen molar-refractivity contribution in [2.24, 2.45) is 0 Å². The number of hydrogen-bond donors (Lipinski definition) is 1. The molecule has 0 aliphatic heterocycles. The second kappa shape index (κ2) is 4.73. The first-order chi connectivity index (χ1) is 6.72. The zero-order valence-corrected chi connectivity index (χ0v) is 8.23. The molecule has 0 spiro atoms. The maximum atomic E-state index is 11.1. The average molecular weight is 200 g/mol. The zero-order chi connectivity index (χ0) is 10.6. The second-order valence-corrected chi connectivity index (χ2v) is 2.50. The van der Waals surface area contributed by atoms with E-state index in [1.54, 1.807) is 0 Å². The first-order valence-electron chi connectivity index (χ1n) is 3.92. The molecule has 0 saturated heterocycles.